The summed E-state index contributed by atoms with van der Waals surface area (Å²) in [5.41, 5.74) is 5.60. The van der Waals surface area contributed by atoms with Crippen LogP contribution in [0.1, 0.15) is 15.5 Å². The normalized spacial score (nSPS) is 12.8. The summed E-state index contributed by atoms with van der Waals surface area (Å²) in [5, 5.41) is 4.93. The van der Waals surface area contributed by atoms with E-state index in [1.807, 2.05) is 5.32 Å². The van der Waals surface area contributed by atoms with Gasteiger partial charge in [-0.2, -0.15) is 18.2 Å². The van der Waals surface area contributed by atoms with Crippen molar-refractivity contribution in [2.75, 3.05) is 14.1 Å². The molecule has 0 fully saturated rings. The molecule has 0 spiro atoms. The van der Waals surface area contributed by atoms with Gasteiger partial charge in [-0.3, -0.25) is 4.79 Å². The summed E-state index contributed by atoms with van der Waals surface area (Å²) >= 11 is 1.01. The van der Waals surface area contributed by atoms with E-state index in [9.17, 15) is 18.0 Å². The molecule has 168 valence electrons. The average molecular weight is 465 g/mol. The van der Waals surface area contributed by atoms with Gasteiger partial charge in [-0.15, -0.1) is 11.3 Å². The number of nitrogens with two attached hydrogens (primary N) is 1. The minimum Gasteiger partial charge on any atom is -0.439 e. The molecule has 32 heavy (non-hydrogen) atoms. The molecule has 3 aromatic rings. The summed E-state index contributed by atoms with van der Waals surface area (Å²) in [6.07, 6.45) is -2.72. The maximum Gasteiger partial charge on any atom is 0.431 e. The number of nitrogens with one attached hydrogen (secondary N) is 2. The molecule has 1 aromatic carbocycles. The predicted octanol–water partition coefficient (Wildman–Crippen LogP) is 2.76. The zero-order chi connectivity index (χ0) is 23.3. The van der Waals surface area contributed by atoms with Gasteiger partial charge in [0.1, 0.15) is 23.6 Å². The van der Waals surface area contributed by atoms with Crippen molar-refractivity contribution in [3.63, 3.8) is 0 Å². The Bertz CT molecular complexity index is 1190. The number of allylic oxidation sites excluding steroid dienone is 1. The number of ether oxygens (including phenoxy) is 1. The summed E-state index contributed by atoms with van der Waals surface area (Å²) in [6.45, 7) is 0.551. The van der Waals surface area contributed by atoms with Crippen molar-refractivity contribution in [1.29, 1.82) is 0 Å². The number of amidine groups is 1. The minimum atomic E-state index is -4.65. The van der Waals surface area contributed by atoms with Gasteiger partial charge >= 0.3 is 12.1 Å². The van der Waals surface area contributed by atoms with Crippen molar-refractivity contribution in [1.82, 2.24) is 25.6 Å². The van der Waals surface area contributed by atoms with Gasteiger partial charge in [0, 0.05) is 31.8 Å². The molecule has 13 heteroatoms. The lowest BCUT2D eigenvalue weighted by Gasteiger charge is -2.10. The number of carbonyl (C=O) groups is 1. The number of carbonyl (C=O) groups excluding carboxylic acids is 1. The molecule has 0 saturated carbocycles. The van der Waals surface area contributed by atoms with Crippen molar-refractivity contribution < 1.29 is 22.7 Å². The number of aliphatic imine (C=N–C) groups is 1. The van der Waals surface area contributed by atoms with Crippen molar-refractivity contribution >= 4 is 33.3 Å². The Balaban J connectivity index is 1.80. The van der Waals surface area contributed by atoms with Gasteiger partial charge in [-0.25, -0.2) is 15.0 Å². The van der Waals surface area contributed by atoms with E-state index < -0.39 is 23.6 Å². The van der Waals surface area contributed by atoms with E-state index in [-0.39, 0.29) is 5.01 Å². The van der Waals surface area contributed by atoms with Gasteiger partial charge in [-0.1, -0.05) is 0 Å². The first-order valence-electron chi connectivity index (χ1n) is 9.08. The fraction of sp³-hybridized carbons (Fsp3) is 0.211. The van der Waals surface area contributed by atoms with E-state index in [0.29, 0.717) is 34.5 Å². The van der Waals surface area contributed by atoms with Crippen LogP contribution in [-0.2, 0) is 6.54 Å². The summed E-state index contributed by atoms with van der Waals surface area (Å²) in [5.74, 6) is -0.641. The number of amides is 1. The predicted molar refractivity (Wildman–Crippen MR) is 114 cm³/mol. The Kier molecular flexibility index (Phi) is 7.00. The van der Waals surface area contributed by atoms with Crippen LogP contribution in [0, 0.1) is 0 Å². The van der Waals surface area contributed by atoms with Crippen LogP contribution < -0.4 is 21.1 Å². The first-order chi connectivity index (χ1) is 15.2. The SMILES string of the molecule is CNCc1cc(Oc2ccc3nc(C(=O)N=C(N)/C=C(\NC)C(F)(F)F)sc3c2)ncn1. The van der Waals surface area contributed by atoms with E-state index in [2.05, 4.69) is 25.3 Å². The molecule has 2 aromatic heterocycles. The smallest absolute Gasteiger partial charge is 0.431 e. The van der Waals surface area contributed by atoms with Crippen molar-refractivity contribution in [2.45, 2.75) is 12.7 Å². The van der Waals surface area contributed by atoms with Crippen LogP contribution in [0.15, 0.2) is 47.4 Å². The van der Waals surface area contributed by atoms with Crippen LogP contribution in [0.2, 0.25) is 0 Å². The molecule has 0 unspecified atom stereocenters. The van der Waals surface area contributed by atoms with Crippen molar-refractivity contribution in [3.8, 4) is 11.6 Å². The molecule has 0 bridgehead atoms. The third kappa shape index (κ3) is 5.76. The summed E-state index contributed by atoms with van der Waals surface area (Å²) in [6, 6.07) is 6.65. The van der Waals surface area contributed by atoms with E-state index in [1.54, 1.807) is 31.3 Å². The molecule has 0 aliphatic rings. The van der Waals surface area contributed by atoms with Gasteiger partial charge in [0.15, 0.2) is 5.01 Å². The summed E-state index contributed by atoms with van der Waals surface area (Å²) in [7, 11) is 2.88. The molecule has 4 N–H and O–H groups in total. The van der Waals surface area contributed by atoms with Crippen molar-refractivity contribution in [3.05, 3.63) is 53.1 Å². The molecule has 0 atom stereocenters. The van der Waals surface area contributed by atoms with Crippen LogP contribution in [-0.4, -0.2) is 47.0 Å². The van der Waals surface area contributed by atoms with Crippen LogP contribution >= 0.6 is 11.3 Å². The lowest BCUT2D eigenvalue weighted by Crippen LogP contribution is -2.26. The molecule has 0 aliphatic carbocycles. The molecule has 3 rings (SSSR count). The Labute approximate surface area is 184 Å². The van der Waals surface area contributed by atoms with Gasteiger partial charge in [-0.05, 0) is 19.2 Å². The Morgan fingerprint density at radius 3 is 2.75 bits per heavy atom. The Morgan fingerprint density at radius 1 is 1.28 bits per heavy atom. The average Bonchev–Trinajstić information content (AvgIpc) is 3.15. The summed E-state index contributed by atoms with van der Waals surface area (Å²) in [4.78, 5) is 28.1. The molecule has 0 saturated heterocycles. The van der Waals surface area contributed by atoms with E-state index >= 15 is 0 Å². The molecular weight excluding hydrogens is 447 g/mol. The fourth-order valence-corrected chi connectivity index (χ4v) is 3.41. The number of rotatable bonds is 7. The topological polar surface area (TPSA) is 127 Å². The molecular formula is C19H18F3N7O2S. The second kappa shape index (κ2) is 9.70. The van der Waals surface area contributed by atoms with Crippen LogP contribution in [0.5, 0.6) is 11.6 Å². The highest BCUT2D eigenvalue weighted by atomic mass is 32.1. The van der Waals surface area contributed by atoms with Crippen LogP contribution in [0.3, 0.4) is 0 Å². The van der Waals surface area contributed by atoms with Crippen LogP contribution in [0.25, 0.3) is 10.2 Å². The number of thiazole rings is 1. The van der Waals surface area contributed by atoms with E-state index in [1.165, 1.54) is 6.33 Å². The monoisotopic (exact) mass is 465 g/mol. The number of nitrogens with zero attached hydrogens (tertiary/aromatic N) is 4. The Morgan fingerprint density at radius 2 is 2.06 bits per heavy atom. The third-order valence-electron chi connectivity index (χ3n) is 3.92. The zero-order valence-corrected chi connectivity index (χ0v) is 17.7. The number of halogens is 3. The number of hydrogen-bond donors (Lipinski definition) is 3. The van der Waals surface area contributed by atoms with Crippen LogP contribution in [0.4, 0.5) is 13.2 Å². The quantitative estimate of drug-likeness (QED) is 0.359. The maximum atomic E-state index is 12.8. The first-order valence-corrected chi connectivity index (χ1v) is 9.90. The number of benzene rings is 1. The zero-order valence-electron chi connectivity index (χ0n) is 16.9. The number of alkyl halides is 3. The van der Waals surface area contributed by atoms with Gasteiger partial charge in [0.05, 0.1) is 15.9 Å². The highest BCUT2D eigenvalue weighted by Gasteiger charge is 2.33. The van der Waals surface area contributed by atoms with E-state index in [0.717, 1.165) is 24.1 Å². The van der Waals surface area contributed by atoms with Crippen molar-refractivity contribution in [2.24, 2.45) is 10.7 Å². The number of aromatic nitrogens is 3. The second-order valence-electron chi connectivity index (χ2n) is 6.28. The second-order valence-corrected chi connectivity index (χ2v) is 7.31. The van der Waals surface area contributed by atoms with Gasteiger partial charge < -0.3 is 21.1 Å². The standard InChI is InChI=1S/C19H18F3N7O2S/c1-24-8-10-5-16(27-9-26-10)31-11-3-4-12-13(6-11)32-18(28-12)17(30)29-15(23)7-14(25-2)19(20,21)22/h3-7,9,24-25H,8H2,1-2H3,(H2,23,29,30)/b14-7-. The molecule has 1 amide bonds. The highest BCUT2D eigenvalue weighted by molar-refractivity contribution is 7.20. The van der Waals surface area contributed by atoms with Gasteiger partial charge in [0.2, 0.25) is 5.88 Å². The molecule has 2 heterocycles. The molecule has 9 nitrogen and oxygen atoms in total. The third-order valence-corrected chi connectivity index (χ3v) is 4.93. The number of fused-ring (bicyclic) bond motifs is 1. The minimum absolute atomic E-state index is 0.0233. The van der Waals surface area contributed by atoms with E-state index in [4.69, 9.17) is 10.5 Å². The maximum absolute atomic E-state index is 12.8. The lowest BCUT2D eigenvalue weighted by molar-refractivity contribution is -0.0959. The largest absolute Gasteiger partial charge is 0.439 e. The Hall–Kier alpha value is -3.58. The fourth-order valence-electron chi connectivity index (χ4n) is 2.53. The molecule has 0 aliphatic heterocycles. The number of hydrogen-bond acceptors (Lipinski definition) is 8. The first kappa shape index (κ1) is 23.1. The lowest BCUT2D eigenvalue weighted by atomic mass is 10.3. The molecule has 0 radical (unpaired) electrons. The highest BCUT2D eigenvalue weighted by Crippen LogP contribution is 2.29. The summed E-state index contributed by atoms with van der Waals surface area (Å²) < 4.78 is 44.7. The van der Waals surface area contributed by atoms with Gasteiger partial charge in [0.25, 0.3) is 0 Å².